The predicted molar refractivity (Wildman–Crippen MR) is 75.4 cm³/mol. The van der Waals surface area contributed by atoms with E-state index < -0.39 is 0 Å². The standard InChI is InChI=1S/C14H29N3O/c1-11(2)13(15)7-9-16(4)14(18)17-8-5-6-12(3)10-17/h11-13H,5-10,15H2,1-4H3. The molecule has 2 amide bonds. The summed E-state index contributed by atoms with van der Waals surface area (Å²) in [7, 11) is 1.88. The van der Waals surface area contributed by atoms with Gasteiger partial charge in [-0.2, -0.15) is 0 Å². The van der Waals surface area contributed by atoms with Crippen molar-refractivity contribution in [1.82, 2.24) is 9.80 Å². The second-order valence-corrected chi connectivity index (χ2v) is 6.09. The molecule has 0 bridgehead atoms. The summed E-state index contributed by atoms with van der Waals surface area (Å²) in [6.45, 7) is 9.03. The van der Waals surface area contributed by atoms with Crippen LogP contribution in [0.5, 0.6) is 0 Å². The molecule has 0 radical (unpaired) electrons. The topological polar surface area (TPSA) is 49.6 Å². The van der Waals surface area contributed by atoms with Crippen molar-refractivity contribution >= 4 is 6.03 Å². The summed E-state index contributed by atoms with van der Waals surface area (Å²) >= 11 is 0. The third-order valence-corrected chi connectivity index (χ3v) is 3.91. The van der Waals surface area contributed by atoms with E-state index in [-0.39, 0.29) is 12.1 Å². The van der Waals surface area contributed by atoms with Gasteiger partial charge in [0, 0.05) is 32.7 Å². The Morgan fingerprint density at radius 1 is 1.50 bits per heavy atom. The molecule has 1 rings (SSSR count). The molecular formula is C14H29N3O. The third-order valence-electron chi connectivity index (χ3n) is 3.91. The molecule has 0 aromatic carbocycles. The van der Waals surface area contributed by atoms with E-state index in [4.69, 9.17) is 5.73 Å². The summed E-state index contributed by atoms with van der Waals surface area (Å²) < 4.78 is 0. The summed E-state index contributed by atoms with van der Waals surface area (Å²) in [5.74, 6) is 1.11. The molecule has 2 atom stereocenters. The smallest absolute Gasteiger partial charge is 0.319 e. The van der Waals surface area contributed by atoms with Crippen molar-refractivity contribution in [3.05, 3.63) is 0 Å². The molecule has 0 aliphatic carbocycles. The lowest BCUT2D eigenvalue weighted by Gasteiger charge is -2.34. The second-order valence-electron chi connectivity index (χ2n) is 6.09. The highest BCUT2D eigenvalue weighted by atomic mass is 16.2. The summed E-state index contributed by atoms with van der Waals surface area (Å²) in [6.07, 6.45) is 3.25. The number of carbonyl (C=O) groups is 1. The Hall–Kier alpha value is -0.770. The molecule has 0 aromatic rings. The van der Waals surface area contributed by atoms with E-state index in [1.54, 1.807) is 0 Å². The molecule has 106 valence electrons. The minimum absolute atomic E-state index is 0.164. The zero-order chi connectivity index (χ0) is 13.7. The Bertz CT molecular complexity index is 268. The minimum Gasteiger partial charge on any atom is -0.328 e. The van der Waals surface area contributed by atoms with E-state index in [0.29, 0.717) is 11.8 Å². The highest BCUT2D eigenvalue weighted by Crippen LogP contribution is 2.16. The first-order valence-corrected chi connectivity index (χ1v) is 7.17. The molecule has 18 heavy (non-hydrogen) atoms. The van der Waals surface area contributed by atoms with Crippen LogP contribution in [0.1, 0.15) is 40.0 Å². The van der Waals surface area contributed by atoms with Crippen molar-refractivity contribution in [1.29, 1.82) is 0 Å². The monoisotopic (exact) mass is 255 g/mol. The number of nitrogens with two attached hydrogens (primary N) is 1. The number of likely N-dealkylation sites (tertiary alicyclic amines) is 1. The van der Waals surface area contributed by atoms with Crippen molar-refractivity contribution < 1.29 is 4.79 Å². The molecule has 0 spiro atoms. The molecule has 1 heterocycles. The summed E-state index contributed by atoms with van der Waals surface area (Å²) in [4.78, 5) is 16.0. The quantitative estimate of drug-likeness (QED) is 0.836. The maximum Gasteiger partial charge on any atom is 0.319 e. The van der Waals surface area contributed by atoms with Crippen molar-refractivity contribution in [2.45, 2.75) is 46.1 Å². The van der Waals surface area contributed by atoms with Gasteiger partial charge in [-0.25, -0.2) is 4.79 Å². The van der Waals surface area contributed by atoms with Crippen molar-refractivity contribution in [2.75, 3.05) is 26.7 Å². The van der Waals surface area contributed by atoms with Crippen LogP contribution in [0.25, 0.3) is 0 Å². The van der Waals surface area contributed by atoms with Gasteiger partial charge in [0.2, 0.25) is 0 Å². The highest BCUT2D eigenvalue weighted by molar-refractivity contribution is 5.74. The van der Waals surface area contributed by atoms with Crippen LogP contribution in [0.15, 0.2) is 0 Å². The maximum atomic E-state index is 12.2. The van der Waals surface area contributed by atoms with Gasteiger partial charge in [-0.05, 0) is 31.1 Å². The van der Waals surface area contributed by atoms with E-state index in [9.17, 15) is 4.79 Å². The molecule has 0 saturated carbocycles. The van der Waals surface area contributed by atoms with Gasteiger partial charge in [0.15, 0.2) is 0 Å². The Kier molecular flexibility index (Phi) is 5.93. The largest absolute Gasteiger partial charge is 0.328 e. The minimum atomic E-state index is 0.164. The first-order chi connectivity index (χ1) is 8.41. The Morgan fingerprint density at radius 3 is 2.72 bits per heavy atom. The number of rotatable bonds is 4. The van der Waals surface area contributed by atoms with Gasteiger partial charge in [-0.3, -0.25) is 0 Å². The zero-order valence-corrected chi connectivity index (χ0v) is 12.4. The zero-order valence-electron chi connectivity index (χ0n) is 12.4. The number of amides is 2. The molecule has 1 saturated heterocycles. The average Bonchev–Trinajstić information content (AvgIpc) is 2.34. The van der Waals surface area contributed by atoms with Crippen LogP contribution in [0, 0.1) is 11.8 Å². The molecule has 1 aliphatic rings. The van der Waals surface area contributed by atoms with E-state index in [0.717, 1.165) is 32.5 Å². The molecule has 2 N–H and O–H groups in total. The lowest BCUT2D eigenvalue weighted by Crippen LogP contribution is -2.46. The first kappa shape index (κ1) is 15.3. The predicted octanol–water partition coefficient (Wildman–Crippen LogP) is 2.14. The summed E-state index contributed by atoms with van der Waals surface area (Å²) in [5, 5.41) is 0. The van der Waals surface area contributed by atoms with Crippen molar-refractivity contribution in [3.63, 3.8) is 0 Å². The van der Waals surface area contributed by atoms with Crippen LogP contribution >= 0.6 is 0 Å². The van der Waals surface area contributed by atoms with Crippen LogP contribution < -0.4 is 5.73 Å². The van der Waals surface area contributed by atoms with E-state index in [1.165, 1.54) is 6.42 Å². The van der Waals surface area contributed by atoms with Crippen molar-refractivity contribution in [3.8, 4) is 0 Å². The van der Waals surface area contributed by atoms with E-state index >= 15 is 0 Å². The normalized spacial score (nSPS) is 22.1. The van der Waals surface area contributed by atoms with Gasteiger partial charge in [-0.15, -0.1) is 0 Å². The molecule has 4 nitrogen and oxygen atoms in total. The Balaban J connectivity index is 2.36. The Labute approximate surface area is 111 Å². The van der Waals surface area contributed by atoms with Crippen LogP contribution in [0.2, 0.25) is 0 Å². The van der Waals surface area contributed by atoms with Gasteiger partial charge in [0.1, 0.15) is 0 Å². The van der Waals surface area contributed by atoms with Crippen LogP contribution in [-0.4, -0.2) is 48.6 Å². The molecule has 1 fully saturated rings. The lowest BCUT2D eigenvalue weighted by atomic mass is 10.0. The molecule has 4 heteroatoms. The first-order valence-electron chi connectivity index (χ1n) is 7.17. The fraction of sp³-hybridized carbons (Fsp3) is 0.929. The second kappa shape index (κ2) is 6.98. The molecule has 1 aliphatic heterocycles. The van der Waals surface area contributed by atoms with Crippen LogP contribution in [-0.2, 0) is 0 Å². The maximum absolute atomic E-state index is 12.2. The van der Waals surface area contributed by atoms with Gasteiger partial charge < -0.3 is 15.5 Å². The number of urea groups is 1. The molecule has 2 unspecified atom stereocenters. The van der Waals surface area contributed by atoms with Crippen LogP contribution in [0.4, 0.5) is 4.79 Å². The number of hydrogen-bond acceptors (Lipinski definition) is 2. The van der Waals surface area contributed by atoms with Gasteiger partial charge in [0.25, 0.3) is 0 Å². The van der Waals surface area contributed by atoms with E-state index in [1.807, 2.05) is 16.8 Å². The summed E-state index contributed by atoms with van der Waals surface area (Å²) in [5.41, 5.74) is 6.01. The number of nitrogens with zero attached hydrogens (tertiary/aromatic N) is 2. The number of carbonyl (C=O) groups excluding carboxylic acids is 1. The SMILES string of the molecule is CC1CCCN(C(=O)N(C)CCC(N)C(C)C)C1. The number of hydrogen-bond donors (Lipinski definition) is 1. The highest BCUT2D eigenvalue weighted by Gasteiger charge is 2.23. The molecular weight excluding hydrogens is 226 g/mol. The fourth-order valence-corrected chi connectivity index (χ4v) is 2.38. The van der Waals surface area contributed by atoms with Gasteiger partial charge in [0.05, 0.1) is 0 Å². The van der Waals surface area contributed by atoms with Crippen molar-refractivity contribution in [2.24, 2.45) is 17.6 Å². The summed E-state index contributed by atoms with van der Waals surface area (Å²) in [6, 6.07) is 0.345. The fourth-order valence-electron chi connectivity index (χ4n) is 2.38. The molecule has 0 aromatic heterocycles. The number of piperidine rings is 1. The third kappa shape index (κ3) is 4.48. The van der Waals surface area contributed by atoms with Gasteiger partial charge in [-0.1, -0.05) is 20.8 Å². The van der Waals surface area contributed by atoms with Crippen LogP contribution in [0.3, 0.4) is 0 Å². The van der Waals surface area contributed by atoms with E-state index in [2.05, 4.69) is 20.8 Å². The average molecular weight is 255 g/mol. The lowest BCUT2D eigenvalue weighted by molar-refractivity contribution is 0.138. The Morgan fingerprint density at radius 2 is 2.17 bits per heavy atom. The van der Waals surface area contributed by atoms with Gasteiger partial charge >= 0.3 is 6.03 Å².